The summed E-state index contributed by atoms with van der Waals surface area (Å²) in [6, 6.07) is 12.3. The highest BCUT2D eigenvalue weighted by molar-refractivity contribution is 6.00. The van der Waals surface area contributed by atoms with E-state index in [2.05, 4.69) is 10.6 Å². The number of methoxy groups -OCH3 is 1. The van der Waals surface area contributed by atoms with Gasteiger partial charge in [-0.1, -0.05) is 12.1 Å². The van der Waals surface area contributed by atoms with E-state index in [9.17, 15) is 9.59 Å². The number of hydrogen-bond acceptors (Lipinski definition) is 4. The molecule has 0 bridgehead atoms. The van der Waals surface area contributed by atoms with Gasteiger partial charge in [-0.15, -0.1) is 0 Å². The third-order valence-electron chi connectivity index (χ3n) is 4.05. The summed E-state index contributed by atoms with van der Waals surface area (Å²) < 4.78 is 10.9. The Hall–Kier alpha value is -3.02. The number of nitrogens with one attached hydrogen (secondary N) is 2. The van der Waals surface area contributed by atoms with E-state index in [0.29, 0.717) is 28.3 Å². The van der Waals surface area contributed by atoms with Crippen molar-refractivity contribution in [3.05, 3.63) is 53.6 Å². The number of ether oxygens (including phenoxy) is 2. The summed E-state index contributed by atoms with van der Waals surface area (Å²) >= 11 is 0. The van der Waals surface area contributed by atoms with E-state index in [-0.39, 0.29) is 17.4 Å². The molecule has 0 aliphatic heterocycles. The van der Waals surface area contributed by atoms with Crippen molar-refractivity contribution < 1.29 is 19.1 Å². The molecule has 28 heavy (non-hydrogen) atoms. The van der Waals surface area contributed by atoms with Crippen LogP contribution in [0.1, 0.15) is 43.6 Å². The third kappa shape index (κ3) is 5.74. The Kier molecular flexibility index (Phi) is 6.67. The molecule has 6 heteroatoms. The lowest BCUT2D eigenvalue weighted by atomic mass is 10.0. The molecule has 0 aliphatic carbocycles. The van der Waals surface area contributed by atoms with E-state index in [1.807, 2.05) is 20.8 Å². The van der Waals surface area contributed by atoms with Crippen molar-refractivity contribution in [3.8, 4) is 11.5 Å². The fourth-order valence-corrected chi connectivity index (χ4v) is 2.59. The average Bonchev–Trinajstić information content (AvgIpc) is 2.62. The molecule has 2 rings (SSSR count). The van der Waals surface area contributed by atoms with Gasteiger partial charge in [-0.2, -0.15) is 0 Å². The summed E-state index contributed by atoms with van der Waals surface area (Å²) in [5.41, 5.74) is 1.45. The zero-order valence-corrected chi connectivity index (χ0v) is 17.3. The second-order valence-electron chi connectivity index (χ2n) is 7.61. The van der Waals surface area contributed by atoms with Gasteiger partial charge in [-0.25, -0.2) is 0 Å². The first kappa shape index (κ1) is 21.3. The predicted molar refractivity (Wildman–Crippen MR) is 110 cm³/mol. The summed E-state index contributed by atoms with van der Waals surface area (Å²) in [5.74, 6) is 0.705. The quantitative estimate of drug-likeness (QED) is 0.791. The fourth-order valence-electron chi connectivity index (χ4n) is 2.59. The molecule has 0 saturated carbocycles. The van der Waals surface area contributed by atoms with Gasteiger partial charge in [0.2, 0.25) is 0 Å². The maximum Gasteiger partial charge on any atom is 0.265 e. The Morgan fingerprint density at radius 2 is 1.68 bits per heavy atom. The normalized spacial score (nSPS) is 12.1. The molecule has 0 spiro atoms. The monoisotopic (exact) mass is 384 g/mol. The van der Waals surface area contributed by atoms with Crippen LogP contribution < -0.4 is 20.1 Å². The Bertz CT molecular complexity index is 856. The largest absolute Gasteiger partial charge is 0.497 e. The van der Waals surface area contributed by atoms with Gasteiger partial charge in [0.15, 0.2) is 6.10 Å². The second-order valence-corrected chi connectivity index (χ2v) is 7.61. The van der Waals surface area contributed by atoms with E-state index in [1.54, 1.807) is 63.4 Å². The Morgan fingerprint density at radius 1 is 1.04 bits per heavy atom. The first-order valence-corrected chi connectivity index (χ1v) is 9.14. The van der Waals surface area contributed by atoms with E-state index in [4.69, 9.17) is 9.47 Å². The van der Waals surface area contributed by atoms with Crippen molar-refractivity contribution in [2.45, 2.75) is 46.3 Å². The molecule has 1 unspecified atom stereocenters. The molecule has 2 aromatic carbocycles. The number of carbonyl (C=O) groups is 2. The first-order valence-electron chi connectivity index (χ1n) is 9.14. The lowest BCUT2D eigenvalue weighted by Gasteiger charge is -2.22. The van der Waals surface area contributed by atoms with Crippen LogP contribution in [0.25, 0.3) is 0 Å². The summed E-state index contributed by atoms with van der Waals surface area (Å²) in [6.45, 7) is 9.23. The molecule has 6 nitrogen and oxygen atoms in total. The number of anilines is 1. The predicted octanol–water partition coefficient (Wildman–Crippen LogP) is 3.94. The molecule has 2 amide bonds. The lowest BCUT2D eigenvalue weighted by Crippen LogP contribution is -2.41. The highest BCUT2D eigenvalue weighted by Gasteiger charge is 2.20. The SMILES string of the molecule is COc1cccc(OC(C)C(=O)Nc2cccc(C(=O)NC(C)(C)C)c2C)c1. The van der Waals surface area contributed by atoms with Crippen LogP contribution in [0.15, 0.2) is 42.5 Å². The number of carbonyl (C=O) groups excluding carboxylic acids is 2. The minimum atomic E-state index is -0.724. The van der Waals surface area contributed by atoms with Gasteiger partial charge in [0.05, 0.1) is 7.11 Å². The van der Waals surface area contributed by atoms with Crippen LogP contribution in [0, 0.1) is 6.92 Å². The molecule has 0 heterocycles. The van der Waals surface area contributed by atoms with Gasteiger partial charge < -0.3 is 20.1 Å². The molecule has 0 radical (unpaired) electrons. The average molecular weight is 384 g/mol. The minimum absolute atomic E-state index is 0.179. The van der Waals surface area contributed by atoms with Crippen molar-refractivity contribution in [2.75, 3.05) is 12.4 Å². The van der Waals surface area contributed by atoms with Crippen LogP contribution >= 0.6 is 0 Å². The molecule has 0 aliphatic rings. The van der Waals surface area contributed by atoms with Crippen LogP contribution in [-0.2, 0) is 4.79 Å². The van der Waals surface area contributed by atoms with Crippen molar-refractivity contribution >= 4 is 17.5 Å². The van der Waals surface area contributed by atoms with Crippen molar-refractivity contribution in [2.24, 2.45) is 0 Å². The summed E-state index contributed by atoms with van der Waals surface area (Å²) in [5, 5.41) is 5.78. The summed E-state index contributed by atoms with van der Waals surface area (Å²) in [7, 11) is 1.57. The Morgan fingerprint density at radius 3 is 2.32 bits per heavy atom. The van der Waals surface area contributed by atoms with Crippen molar-refractivity contribution in [1.29, 1.82) is 0 Å². The van der Waals surface area contributed by atoms with Gasteiger partial charge in [0.25, 0.3) is 11.8 Å². The Balaban J connectivity index is 2.10. The number of amides is 2. The van der Waals surface area contributed by atoms with Crippen LogP contribution in [-0.4, -0.2) is 30.6 Å². The third-order valence-corrected chi connectivity index (χ3v) is 4.05. The smallest absolute Gasteiger partial charge is 0.265 e. The van der Waals surface area contributed by atoms with E-state index in [1.165, 1.54) is 0 Å². The highest BCUT2D eigenvalue weighted by Crippen LogP contribution is 2.22. The molecule has 0 fully saturated rings. The zero-order valence-electron chi connectivity index (χ0n) is 17.3. The van der Waals surface area contributed by atoms with Crippen molar-refractivity contribution in [1.82, 2.24) is 5.32 Å². The van der Waals surface area contributed by atoms with E-state index in [0.717, 1.165) is 0 Å². The van der Waals surface area contributed by atoms with Gasteiger partial charge >= 0.3 is 0 Å². The summed E-state index contributed by atoms with van der Waals surface area (Å²) in [6.07, 6.45) is -0.724. The maximum absolute atomic E-state index is 12.6. The minimum Gasteiger partial charge on any atom is -0.497 e. The van der Waals surface area contributed by atoms with Crippen molar-refractivity contribution in [3.63, 3.8) is 0 Å². The van der Waals surface area contributed by atoms with Gasteiger partial charge in [0, 0.05) is 22.9 Å². The number of benzene rings is 2. The van der Waals surface area contributed by atoms with Gasteiger partial charge in [-0.3, -0.25) is 9.59 Å². The van der Waals surface area contributed by atoms with Crippen LogP contribution in [0.5, 0.6) is 11.5 Å². The van der Waals surface area contributed by atoms with E-state index < -0.39 is 6.10 Å². The topological polar surface area (TPSA) is 76.7 Å². The van der Waals surface area contributed by atoms with E-state index >= 15 is 0 Å². The fraction of sp³-hybridized carbons (Fsp3) is 0.364. The highest BCUT2D eigenvalue weighted by atomic mass is 16.5. The van der Waals surface area contributed by atoms with Crippen LogP contribution in [0.3, 0.4) is 0 Å². The van der Waals surface area contributed by atoms with Gasteiger partial charge in [0.1, 0.15) is 11.5 Å². The van der Waals surface area contributed by atoms with Crippen LogP contribution in [0.4, 0.5) is 5.69 Å². The summed E-state index contributed by atoms with van der Waals surface area (Å²) in [4.78, 5) is 25.1. The Labute approximate surface area is 166 Å². The maximum atomic E-state index is 12.6. The molecule has 150 valence electrons. The molecule has 2 aromatic rings. The zero-order chi connectivity index (χ0) is 20.9. The number of rotatable bonds is 6. The first-order chi connectivity index (χ1) is 13.1. The molecule has 1 atom stereocenters. The molecule has 0 saturated heterocycles. The lowest BCUT2D eigenvalue weighted by molar-refractivity contribution is -0.122. The molecule has 2 N–H and O–H groups in total. The second kappa shape index (κ2) is 8.78. The molecular formula is C22H28N2O4. The standard InChI is InChI=1S/C22H28N2O4/c1-14-18(21(26)24-22(3,4)5)11-8-12-19(14)23-20(25)15(2)28-17-10-7-9-16(13-17)27-6/h7-13,15H,1-6H3,(H,23,25)(H,24,26). The van der Waals surface area contributed by atoms with Crippen LogP contribution in [0.2, 0.25) is 0 Å². The van der Waals surface area contributed by atoms with Gasteiger partial charge in [-0.05, 0) is 64.4 Å². The molecule has 0 aromatic heterocycles. The number of hydrogen-bond donors (Lipinski definition) is 2. The molecular weight excluding hydrogens is 356 g/mol.